The van der Waals surface area contributed by atoms with Crippen molar-refractivity contribution >= 4 is 11.6 Å². The number of anilines is 1. The van der Waals surface area contributed by atoms with Crippen molar-refractivity contribution in [1.82, 2.24) is 10.2 Å². The van der Waals surface area contributed by atoms with Gasteiger partial charge in [-0.15, -0.1) is 0 Å². The van der Waals surface area contributed by atoms with E-state index in [9.17, 15) is 4.79 Å². The smallest absolute Gasteiger partial charge is 0.241 e. The molecule has 0 spiro atoms. The van der Waals surface area contributed by atoms with Gasteiger partial charge in [0.15, 0.2) is 11.5 Å². The molecule has 2 N–H and O–H groups in total. The van der Waals surface area contributed by atoms with Crippen LogP contribution in [0.15, 0.2) is 42.5 Å². The summed E-state index contributed by atoms with van der Waals surface area (Å²) < 4.78 is 11.1. The first-order chi connectivity index (χ1) is 14.7. The summed E-state index contributed by atoms with van der Waals surface area (Å²) >= 11 is 0. The normalized spacial score (nSPS) is 17.4. The summed E-state index contributed by atoms with van der Waals surface area (Å²) in [5, 5.41) is 6.34. The van der Waals surface area contributed by atoms with Crippen molar-refractivity contribution in [1.29, 1.82) is 0 Å². The van der Waals surface area contributed by atoms with Crippen LogP contribution in [0.2, 0.25) is 0 Å². The first-order valence-corrected chi connectivity index (χ1v) is 10.9. The van der Waals surface area contributed by atoms with Crippen LogP contribution in [0.3, 0.4) is 0 Å². The number of fused-ring (bicyclic) bond motifs is 1. The van der Waals surface area contributed by atoms with E-state index >= 15 is 0 Å². The quantitative estimate of drug-likeness (QED) is 0.732. The number of ether oxygens (including phenoxy) is 2. The number of carbonyl (C=O) groups is 1. The number of hydrogen-bond acceptors (Lipinski definition) is 5. The fourth-order valence-electron chi connectivity index (χ4n) is 3.97. The van der Waals surface area contributed by atoms with E-state index < -0.39 is 0 Å². The SMILES string of the molecule is C[C@H](NCc1ccccc1CN1CCCCC1)C(=O)Nc1ccc2c(c1)OCCO2. The number of amides is 1. The van der Waals surface area contributed by atoms with Gasteiger partial charge in [-0.3, -0.25) is 9.69 Å². The third kappa shape index (κ3) is 5.32. The molecule has 0 bridgehead atoms. The molecule has 1 amide bonds. The molecule has 6 heteroatoms. The summed E-state index contributed by atoms with van der Waals surface area (Å²) in [5.74, 6) is 1.32. The lowest BCUT2D eigenvalue weighted by molar-refractivity contribution is -0.117. The Labute approximate surface area is 178 Å². The Morgan fingerprint density at radius 1 is 1.00 bits per heavy atom. The highest BCUT2D eigenvalue weighted by molar-refractivity contribution is 5.94. The standard InChI is InChI=1S/C24H31N3O3/c1-18(24(28)26-21-9-10-22-23(15-21)30-14-13-29-22)25-16-19-7-3-4-8-20(19)17-27-11-5-2-6-12-27/h3-4,7-10,15,18,25H,2,5-6,11-14,16-17H2,1H3,(H,26,28)/t18-/m0/s1. The lowest BCUT2D eigenvalue weighted by atomic mass is 10.0. The molecule has 30 heavy (non-hydrogen) atoms. The van der Waals surface area contributed by atoms with Crippen molar-refractivity contribution < 1.29 is 14.3 Å². The zero-order valence-corrected chi connectivity index (χ0v) is 17.7. The van der Waals surface area contributed by atoms with Crippen molar-refractivity contribution in [2.45, 2.75) is 45.3 Å². The second-order valence-electron chi connectivity index (χ2n) is 8.06. The first kappa shape index (κ1) is 20.7. The molecule has 1 fully saturated rings. The lowest BCUT2D eigenvalue weighted by Gasteiger charge is -2.27. The Morgan fingerprint density at radius 2 is 1.73 bits per heavy atom. The van der Waals surface area contributed by atoms with E-state index in [-0.39, 0.29) is 11.9 Å². The Bertz CT molecular complexity index is 865. The Kier molecular flexibility index (Phi) is 6.87. The van der Waals surface area contributed by atoms with Gasteiger partial charge in [-0.25, -0.2) is 0 Å². The summed E-state index contributed by atoms with van der Waals surface area (Å²) in [6.45, 7) is 6.97. The first-order valence-electron chi connectivity index (χ1n) is 10.9. The van der Waals surface area contributed by atoms with Crippen molar-refractivity contribution in [3.05, 3.63) is 53.6 Å². The highest BCUT2D eigenvalue weighted by Crippen LogP contribution is 2.32. The Balaban J connectivity index is 1.32. The van der Waals surface area contributed by atoms with Crippen molar-refractivity contribution in [3.8, 4) is 11.5 Å². The summed E-state index contributed by atoms with van der Waals surface area (Å²) in [4.78, 5) is 15.2. The van der Waals surface area contributed by atoms with Gasteiger partial charge in [0.05, 0.1) is 6.04 Å². The molecule has 1 atom stereocenters. The van der Waals surface area contributed by atoms with E-state index in [0.29, 0.717) is 31.2 Å². The number of rotatable bonds is 7. The Hall–Kier alpha value is -2.57. The molecule has 2 heterocycles. The van der Waals surface area contributed by atoms with Crippen LogP contribution in [0.5, 0.6) is 11.5 Å². The third-order valence-electron chi connectivity index (χ3n) is 5.76. The molecule has 0 radical (unpaired) electrons. The summed E-state index contributed by atoms with van der Waals surface area (Å²) in [5.41, 5.74) is 3.30. The van der Waals surface area contributed by atoms with Crippen LogP contribution in [0.25, 0.3) is 0 Å². The fraction of sp³-hybridized carbons (Fsp3) is 0.458. The lowest BCUT2D eigenvalue weighted by Crippen LogP contribution is -2.38. The molecule has 2 aliphatic heterocycles. The minimum atomic E-state index is -0.318. The average molecular weight is 410 g/mol. The molecule has 0 unspecified atom stereocenters. The third-order valence-corrected chi connectivity index (χ3v) is 5.76. The molecule has 2 aromatic rings. The van der Waals surface area contributed by atoms with E-state index in [4.69, 9.17) is 9.47 Å². The number of piperidine rings is 1. The molecular formula is C24H31N3O3. The molecule has 6 nitrogen and oxygen atoms in total. The van der Waals surface area contributed by atoms with Gasteiger partial charge in [0.2, 0.25) is 5.91 Å². The highest BCUT2D eigenvalue weighted by Gasteiger charge is 2.17. The predicted octanol–water partition coefficient (Wildman–Crippen LogP) is 3.56. The largest absolute Gasteiger partial charge is 0.486 e. The van der Waals surface area contributed by atoms with Gasteiger partial charge in [0.1, 0.15) is 13.2 Å². The molecule has 160 valence electrons. The van der Waals surface area contributed by atoms with Crippen LogP contribution < -0.4 is 20.1 Å². The Morgan fingerprint density at radius 3 is 2.53 bits per heavy atom. The zero-order valence-electron chi connectivity index (χ0n) is 17.7. The van der Waals surface area contributed by atoms with Gasteiger partial charge < -0.3 is 20.1 Å². The van der Waals surface area contributed by atoms with E-state index in [1.165, 1.54) is 43.5 Å². The minimum absolute atomic E-state index is 0.0693. The number of nitrogens with one attached hydrogen (secondary N) is 2. The average Bonchev–Trinajstić information content (AvgIpc) is 2.79. The fourth-order valence-corrected chi connectivity index (χ4v) is 3.97. The predicted molar refractivity (Wildman–Crippen MR) is 118 cm³/mol. The maximum atomic E-state index is 12.6. The molecule has 0 aliphatic carbocycles. The summed E-state index contributed by atoms with van der Waals surface area (Å²) in [7, 11) is 0. The van der Waals surface area contributed by atoms with Crippen LogP contribution in [-0.2, 0) is 17.9 Å². The van der Waals surface area contributed by atoms with Gasteiger partial charge in [0, 0.05) is 24.8 Å². The van der Waals surface area contributed by atoms with Gasteiger partial charge in [-0.05, 0) is 56.1 Å². The highest BCUT2D eigenvalue weighted by atomic mass is 16.6. The van der Waals surface area contributed by atoms with E-state index in [1.807, 2.05) is 25.1 Å². The minimum Gasteiger partial charge on any atom is -0.486 e. The maximum absolute atomic E-state index is 12.6. The van der Waals surface area contributed by atoms with Crippen LogP contribution in [0.1, 0.15) is 37.3 Å². The van der Waals surface area contributed by atoms with Crippen molar-refractivity contribution in [3.63, 3.8) is 0 Å². The molecule has 0 aromatic heterocycles. The molecule has 0 saturated carbocycles. The topological polar surface area (TPSA) is 62.8 Å². The van der Waals surface area contributed by atoms with E-state index in [0.717, 1.165) is 12.3 Å². The molecular weight excluding hydrogens is 378 g/mol. The zero-order chi connectivity index (χ0) is 20.8. The van der Waals surface area contributed by atoms with Crippen LogP contribution >= 0.6 is 0 Å². The second kappa shape index (κ2) is 9.96. The van der Waals surface area contributed by atoms with Crippen LogP contribution in [0.4, 0.5) is 5.69 Å². The number of carbonyl (C=O) groups excluding carboxylic acids is 1. The molecule has 2 aromatic carbocycles. The monoisotopic (exact) mass is 409 g/mol. The molecule has 2 aliphatic rings. The number of benzene rings is 2. The summed E-state index contributed by atoms with van der Waals surface area (Å²) in [6.07, 6.45) is 3.92. The number of hydrogen-bond donors (Lipinski definition) is 2. The van der Waals surface area contributed by atoms with E-state index in [2.05, 4.69) is 39.8 Å². The van der Waals surface area contributed by atoms with Gasteiger partial charge in [0.25, 0.3) is 0 Å². The van der Waals surface area contributed by atoms with E-state index in [1.54, 1.807) is 0 Å². The van der Waals surface area contributed by atoms with Crippen molar-refractivity contribution in [2.75, 3.05) is 31.6 Å². The van der Waals surface area contributed by atoms with Crippen LogP contribution in [-0.4, -0.2) is 43.2 Å². The molecule has 4 rings (SSSR count). The maximum Gasteiger partial charge on any atom is 0.241 e. The van der Waals surface area contributed by atoms with Gasteiger partial charge in [-0.2, -0.15) is 0 Å². The second-order valence-corrected chi connectivity index (χ2v) is 8.06. The van der Waals surface area contributed by atoms with Gasteiger partial charge in [-0.1, -0.05) is 30.7 Å². The number of likely N-dealkylation sites (tertiary alicyclic amines) is 1. The van der Waals surface area contributed by atoms with Crippen LogP contribution in [0, 0.1) is 0 Å². The van der Waals surface area contributed by atoms with Crippen molar-refractivity contribution in [2.24, 2.45) is 0 Å². The number of nitrogens with zero attached hydrogens (tertiary/aromatic N) is 1. The summed E-state index contributed by atoms with van der Waals surface area (Å²) in [6, 6.07) is 13.7. The molecule has 1 saturated heterocycles. The van der Waals surface area contributed by atoms with Gasteiger partial charge >= 0.3 is 0 Å².